The zero-order chi connectivity index (χ0) is 25.0. The molecular formula is C30H24N2O4. The van der Waals surface area contributed by atoms with Gasteiger partial charge >= 0.3 is 5.97 Å². The fraction of sp³-hybridized carbons (Fsp3) is 0.0333. The first-order valence-electron chi connectivity index (χ1n) is 11.3. The van der Waals surface area contributed by atoms with Crippen LogP contribution in [0.1, 0.15) is 11.1 Å². The highest BCUT2D eigenvalue weighted by molar-refractivity contribution is 5.89. The van der Waals surface area contributed by atoms with Gasteiger partial charge in [-0.2, -0.15) is 5.10 Å². The normalized spacial score (nSPS) is 10.9. The summed E-state index contributed by atoms with van der Waals surface area (Å²) in [5, 5.41) is 3.94. The number of benzene rings is 4. The Hall–Kier alpha value is -4.97. The summed E-state index contributed by atoms with van der Waals surface area (Å²) in [4.78, 5) is 24.0. The second kappa shape index (κ2) is 12.5. The molecule has 6 nitrogen and oxygen atoms in total. The zero-order valence-corrected chi connectivity index (χ0v) is 19.4. The molecule has 4 rings (SSSR count). The van der Waals surface area contributed by atoms with E-state index in [2.05, 4.69) is 10.5 Å². The van der Waals surface area contributed by atoms with Gasteiger partial charge in [-0.05, 0) is 64.7 Å². The molecule has 178 valence electrons. The molecule has 0 unspecified atom stereocenters. The second-order valence-corrected chi connectivity index (χ2v) is 7.71. The summed E-state index contributed by atoms with van der Waals surface area (Å²) in [6.45, 7) is -0.159. The van der Waals surface area contributed by atoms with Crippen LogP contribution in [-0.2, 0) is 9.59 Å². The summed E-state index contributed by atoms with van der Waals surface area (Å²) in [5.74, 6) is 0.152. The summed E-state index contributed by atoms with van der Waals surface area (Å²) in [6, 6.07) is 33.8. The van der Waals surface area contributed by atoms with Gasteiger partial charge in [0.05, 0.1) is 6.21 Å². The van der Waals surface area contributed by atoms with Crippen LogP contribution in [-0.4, -0.2) is 24.7 Å². The minimum absolute atomic E-state index is 0.159. The number of hydrogen-bond donors (Lipinski definition) is 1. The van der Waals surface area contributed by atoms with Gasteiger partial charge in [-0.3, -0.25) is 4.79 Å². The first kappa shape index (κ1) is 24.2. The highest BCUT2D eigenvalue weighted by Crippen LogP contribution is 2.22. The Morgan fingerprint density at radius 3 is 2.00 bits per heavy atom. The van der Waals surface area contributed by atoms with Gasteiger partial charge in [0.2, 0.25) is 0 Å². The van der Waals surface area contributed by atoms with Gasteiger partial charge < -0.3 is 9.47 Å². The minimum atomic E-state index is -0.470. The molecule has 0 bridgehead atoms. The number of ether oxygens (including phenoxy) is 2. The summed E-state index contributed by atoms with van der Waals surface area (Å²) in [5.41, 5.74) is 6.25. The van der Waals surface area contributed by atoms with Crippen molar-refractivity contribution in [3.05, 3.63) is 126 Å². The Morgan fingerprint density at radius 1 is 0.694 bits per heavy atom. The van der Waals surface area contributed by atoms with Crippen LogP contribution in [0.15, 0.2) is 120 Å². The lowest BCUT2D eigenvalue weighted by atomic mass is 10.1. The Morgan fingerprint density at radius 2 is 1.31 bits per heavy atom. The van der Waals surface area contributed by atoms with E-state index in [-0.39, 0.29) is 12.5 Å². The predicted octanol–water partition coefficient (Wildman–Crippen LogP) is 5.50. The van der Waals surface area contributed by atoms with Gasteiger partial charge in [-0.1, -0.05) is 72.8 Å². The molecule has 4 aromatic rings. The summed E-state index contributed by atoms with van der Waals surface area (Å²) in [7, 11) is 0. The van der Waals surface area contributed by atoms with Gasteiger partial charge in [-0.15, -0.1) is 0 Å². The number of esters is 1. The van der Waals surface area contributed by atoms with E-state index in [0.29, 0.717) is 11.5 Å². The maximum Gasteiger partial charge on any atom is 0.336 e. The van der Waals surface area contributed by atoms with Crippen LogP contribution < -0.4 is 14.9 Å². The molecule has 6 heteroatoms. The highest BCUT2D eigenvalue weighted by Gasteiger charge is 2.03. The van der Waals surface area contributed by atoms with E-state index in [9.17, 15) is 9.59 Å². The van der Waals surface area contributed by atoms with E-state index in [1.54, 1.807) is 30.3 Å². The Labute approximate surface area is 209 Å². The van der Waals surface area contributed by atoms with Crippen LogP contribution in [0.2, 0.25) is 0 Å². The fourth-order valence-electron chi connectivity index (χ4n) is 3.23. The van der Waals surface area contributed by atoms with Crippen molar-refractivity contribution < 1.29 is 19.1 Å². The third-order valence-electron chi connectivity index (χ3n) is 5.04. The maximum atomic E-state index is 12.0. The topological polar surface area (TPSA) is 77.0 Å². The molecule has 0 aliphatic carbocycles. The molecule has 0 aliphatic heterocycles. The monoisotopic (exact) mass is 476 g/mol. The summed E-state index contributed by atoms with van der Waals surface area (Å²) < 4.78 is 10.8. The van der Waals surface area contributed by atoms with E-state index in [1.165, 1.54) is 12.3 Å². The molecule has 0 saturated carbocycles. The van der Waals surface area contributed by atoms with Crippen molar-refractivity contribution in [1.29, 1.82) is 0 Å². The number of carbonyl (C=O) groups excluding carboxylic acids is 2. The molecule has 36 heavy (non-hydrogen) atoms. The van der Waals surface area contributed by atoms with Gasteiger partial charge in [0.15, 0.2) is 6.61 Å². The molecule has 0 spiro atoms. The molecule has 1 amide bonds. The van der Waals surface area contributed by atoms with Crippen molar-refractivity contribution in [3.8, 4) is 22.6 Å². The lowest BCUT2D eigenvalue weighted by molar-refractivity contribution is -0.129. The molecule has 0 fully saturated rings. The first-order valence-corrected chi connectivity index (χ1v) is 11.3. The van der Waals surface area contributed by atoms with Crippen LogP contribution in [0, 0.1) is 0 Å². The van der Waals surface area contributed by atoms with Crippen molar-refractivity contribution in [2.75, 3.05) is 6.61 Å². The van der Waals surface area contributed by atoms with Gasteiger partial charge in [0, 0.05) is 6.08 Å². The number of carbonyl (C=O) groups is 2. The molecule has 0 saturated heterocycles. The number of rotatable bonds is 9. The Balaban J connectivity index is 1.19. The largest absolute Gasteiger partial charge is 0.484 e. The van der Waals surface area contributed by atoms with E-state index in [4.69, 9.17) is 9.47 Å². The number of amides is 1. The minimum Gasteiger partial charge on any atom is -0.484 e. The summed E-state index contributed by atoms with van der Waals surface area (Å²) >= 11 is 0. The van der Waals surface area contributed by atoms with Crippen molar-refractivity contribution in [2.45, 2.75) is 0 Å². The van der Waals surface area contributed by atoms with Gasteiger partial charge in [0.25, 0.3) is 5.91 Å². The van der Waals surface area contributed by atoms with Gasteiger partial charge in [-0.25, -0.2) is 10.2 Å². The van der Waals surface area contributed by atoms with Crippen LogP contribution in [0.4, 0.5) is 0 Å². The molecule has 0 radical (unpaired) electrons. The van der Waals surface area contributed by atoms with Gasteiger partial charge in [0.1, 0.15) is 11.5 Å². The molecule has 0 aliphatic rings. The number of hydrogen-bond acceptors (Lipinski definition) is 5. The molecule has 0 aromatic heterocycles. The Kier molecular flexibility index (Phi) is 8.38. The predicted molar refractivity (Wildman–Crippen MR) is 141 cm³/mol. The standard InChI is InChI=1S/C30H24N2O4/c33-29(22-35-27-18-14-26(15-19-27)25-9-5-2-6-10-25)32-31-21-24-11-16-28(17-12-24)36-30(34)20-13-23-7-3-1-4-8-23/h1-21H,22H2,(H,32,33)/b20-13+,31-21-. The van der Waals surface area contributed by atoms with Crippen LogP contribution in [0.5, 0.6) is 11.5 Å². The smallest absolute Gasteiger partial charge is 0.336 e. The van der Waals surface area contributed by atoms with Crippen LogP contribution in [0.3, 0.4) is 0 Å². The number of nitrogens with zero attached hydrogens (tertiary/aromatic N) is 1. The maximum absolute atomic E-state index is 12.0. The van der Waals surface area contributed by atoms with Crippen molar-refractivity contribution in [1.82, 2.24) is 5.43 Å². The second-order valence-electron chi connectivity index (χ2n) is 7.71. The van der Waals surface area contributed by atoms with Crippen LogP contribution >= 0.6 is 0 Å². The van der Waals surface area contributed by atoms with Crippen molar-refractivity contribution >= 4 is 24.2 Å². The molecule has 1 N–H and O–H groups in total. The first-order chi connectivity index (χ1) is 17.7. The molecule has 4 aromatic carbocycles. The summed E-state index contributed by atoms with van der Waals surface area (Å²) in [6.07, 6.45) is 4.56. The SMILES string of the molecule is O=C(COc1ccc(-c2ccccc2)cc1)N/N=C\c1ccc(OC(=O)/C=C/c2ccccc2)cc1. The molecule has 0 heterocycles. The zero-order valence-electron chi connectivity index (χ0n) is 19.4. The number of nitrogens with one attached hydrogen (secondary N) is 1. The van der Waals surface area contributed by atoms with E-state index < -0.39 is 5.97 Å². The van der Waals surface area contributed by atoms with E-state index in [0.717, 1.165) is 22.3 Å². The quantitative estimate of drug-likeness (QED) is 0.114. The third-order valence-corrected chi connectivity index (χ3v) is 5.04. The number of hydrazone groups is 1. The molecule has 0 atom stereocenters. The van der Waals surface area contributed by atoms with Crippen LogP contribution in [0.25, 0.3) is 17.2 Å². The van der Waals surface area contributed by atoms with E-state index in [1.807, 2.05) is 84.9 Å². The lowest BCUT2D eigenvalue weighted by Gasteiger charge is -2.06. The average Bonchev–Trinajstić information content (AvgIpc) is 2.93. The third kappa shape index (κ3) is 7.53. The van der Waals surface area contributed by atoms with Crippen molar-refractivity contribution in [2.24, 2.45) is 5.10 Å². The Bertz CT molecular complexity index is 1330. The van der Waals surface area contributed by atoms with E-state index >= 15 is 0 Å². The fourth-order valence-corrected chi connectivity index (χ4v) is 3.23. The van der Waals surface area contributed by atoms with Crippen molar-refractivity contribution in [3.63, 3.8) is 0 Å². The lowest BCUT2D eigenvalue weighted by Crippen LogP contribution is -2.24. The highest BCUT2D eigenvalue weighted by atomic mass is 16.5. The molecular weight excluding hydrogens is 452 g/mol. The average molecular weight is 477 g/mol.